The van der Waals surface area contributed by atoms with Crippen LogP contribution in [0.15, 0.2) is 60.0 Å². The van der Waals surface area contributed by atoms with E-state index < -0.39 is 28.3 Å². The molecule has 2 N–H and O–H groups in total. The Bertz CT molecular complexity index is 1360. The van der Waals surface area contributed by atoms with Crippen LogP contribution in [0.2, 0.25) is 0 Å². The van der Waals surface area contributed by atoms with Crippen molar-refractivity contribution in [2.24, 2.45) is 0 Å². The van der Waals surface area contributed by atoms with Gasteiger partial charge in [-0.05, 0) is 37.4 Å². The molecule has 11 nitrogen and oxygen atoms in total. The first-order chi connectivity index (χ1) is 19.4. The Morgan fingerprint density at radius 2 is 1.70 bits per heavy atom. The molecular formula is C27H29N2O9PS. The van der Waals surface area contributed by atoms with E-state index in [1.54, 1.807) is 37.3 Å². The Morgan fingerprint density at radius 1 is 1.00 bits per heavy atom. The zero-order chi connectivity index (χ0) is 28.5. The fraction of sp³-hybridized carbons (Fsp3) is 0.259. The molecule has 0 bridgehead atoms. The molecule has 1 unspecified atom stereocenters. The lowest BCUT2D eigenvalue weighted by Crippen LogP contribution is -2.14. The first kappa shape index (κ1) is 29.3. The largest absolute Gasteiger partial charge is 0.510 e. The van der Waals surface area contributed by atoms with Gasteiger partial charge in [0.05, 0.1) is 36.6 Å². The number of H-pyrrole nitrogens is 1. The SMILES string of the molecule is COc1cc(-c2nc(-c3ccccc3)c(-c3cccs3)[nH]2)cc(OC)c1OCOP(O)OCOC(=O)OC(C)C. The lowest BCUT2D eigenvalue weighted by Gasteiger charge is -2.16. The van der Waals surface area contributed by atoms with Gasteiger partial charge in [0, 0.05) is 11.1 Å². The van der Waals surface area contributed by atoms with Gasteiger partial charge in [-0.25, -0.2) is 9.78 Å². The summed E-state index contributed by atoms with van der Waals surface area (Å²) in [6.45, 7) is 2.41. The van der Waals surface area contributed by atoms with Gasteiger partial charge in [-0.15, -0.1) is 11.3 Å². The number of rotatable bonds is 13. The zero-order valence-corrected chi connectivity index (χ0v) is 24.0. The number of nitrogens with zero attached hydrogens (tertiary/aromatic N) is 1. The summed E-state index contributed by atoms with van der Waals surface area (Å²) < 4.78 is 36.4. The Hall–Kier alpha value is -3.67. The molecule has 0 saturated carbocycles. The number of carbonyl (C=O) groups is 1. The summed E-state index contributed by atoms with van der Waals surface area (Å²) in [7, 11) is 0.600. The van der Waals surface area contributed by atoms with Gasteiger partial charge in [0.1, 0.15) is 5.82 Å². The van der Waals surface area contributed by atoms with Crippen LogP contribution < -0.4 is 14.2 Å². The number of aromatic amines is 1. The monoisotopic (exact) mass is 588 g/mol. The van der Waals surface area contributed by atoms with E-state index in [9.17, 15) is 9.69 Å². The van der Waals surface area contributed by atoms with Gasteiger partial charge in [-0.1, -0.05) is 36.4 Å². The van der Waals surface area contributed by atoms with Crippen molar-refractivity contribution in [2.45, 2.75) is 20.0 Å². The van der Waals surface area contributed by atoms with Gasteiger partial charge >= 0.3 is 14.8 Å². The topological polar surface area (TPSA) is 131 Å². The molecule has 212 valence electrons. The Labute approximate surface area is 236 Å². The molecule has 2 aromatic carbocycles. The van der Waals surface area contributed by atoms with Crippen molar-refractivity contribution < 1.29 is 42.4 Å². The van der Waals surface area contributed by atoms with E-state index in [0.29, 0.717) is 22.9 Å². The molecular weight excluding hydrogens is 559 g/mol. The average molecular weight is 589 g/mol. The van der Waals surface area contributed by atoms with Crippen LogP contribution in [0.3, 0.4) is 0 Å². The van der Waals surface area contributed by atoms with Crippen molar-refractivity contribution in [3.63, 3.8) is 0 Å². The summed E-state index contributed by atoms with van der Waals surface area (Å²) >= 11 is 1.62. The van der Waals surface area contributed by atoms with Gasteiger partial charge in [0.2, 0.25) is 12.5 Å². The first-order valence-electron chi connectivity index (χ1n) is 12.1. The van der Waals surface area contributed by atoms with Gasteiger partial charge in [0.15, 0.2) is 18.3 Å². The van der Waals surface area contributed by atoms with Crippen LogP contribution in [-0.2, 0) is 18.5 Å². The van der Waals surface area contributed by atoms with Crippen LogP contribution in [0.4, 0.5) is 4.79 Å². The highest BCUT2D eigenvalue weighted by molar-refractivity contribution is 7.40. The van der Waals surface area contributed by atoms with Crippen LogP contribution in [0.25, 0.3) is 33.2 Å². The number of hydrogen-bond donors (Lipinski definition) is 2. The molecule has 0 aliphatic rings. The Morgan fingerprint density at radius 3 is 2.33 bits per heavy atom. The van der Waals surface area contributed by atoms with Gasteiger partial charge in [0.25, 0.3) is 0 Å². The van der Waals surface area contributed by atoms with Gasteiger partial charge < -0.3 is 33.6 Å². The number of hydrogen-bond acceptors (Lipinski definition) is 11. The molecule has 4 aromatic rings. The molecule has 0 amide bonds. The van der Waals surface area contributed by atoms with Crippen molar-refractivity contribution in [3.8, 4) is 50.5 Å². The second kappa shape index (κ2) is 14.1. The molecule has 0 radical (unpaired) electrons. The van der Waals surface area contributed by atoms with Crippen molar-refractivity contribution >= 4 is 26.1 Å². The molecule has 13 heteroatoms. The second-order valence-corrected chi connectivity index (χ2v) is 10.2. The highest BCUT2D eigenvalue weighted by Gasteiger charge is 2.21. The fourth-order valence-corrected chi connectivity index (χ4v) is 4.67. The average Bonchev–Trinajstić information content (AvgIpc) is 3.63. The smallest absolute Gasteiger partial charge is 0.493 e. The first-order valence-corrected chi connectivity index (χ1v) is 14.1. The van der Waals surface area contributed by atoms with Crippen LogP contribution >= 0.6 is 19.9 Å². The molecule has 2 heterocycles. The highest BCUT2D eigenvalue weighted by atomic mass is 32.1. The van der Waals surface area contributed by atoms with E-state index in [1.807, 2.05) is 47.8 Å². The minimum Gasteiger partial charge on any atom is -0.493 e. The van der Waals surface area contributed by atoms with Gasteiger partial charge in [-0.3, -0.25) is 9.05 Å². The summed E-state index contributed by atoms with van der Waals surface area (Å²) in [5.74, 6) is 1.58. The quantitative estimate of drug-likeness (QED) is 0.100. The predicted molar refractivity (Wildman–Crippen MR) is 150 cm³/mol. The minimum absolute atomic E-state index is 0.252. The number of nitrogens with one attached hydrogen (secondary N) is 1. The predicted octanol–water partition coefficient (Wildman–Crippen LogP) is 6.60. The van der Waals surface area contributed by atoms with E-state index in [-0.39, 0.29) is 11.9 Å². The number of methoxy groups -OCH3 is 2. The number of imidazole rings is 1. The summed E-state index contributed by atoms with van der Waals surface area (Å²) in [5.41, 5.74) is 3.41. The lowest BCUT2D eigenvalue weighted by molar-refractivity contribution is -0.0174. The minimum atomic E-state index is -2.39. The van der Waals surface area contributed by atoms with Crippen molar-refractivity contribution in [1.29, 1.82) is 0 Å². The van der Waals surface area contributed by atoms with Crippen LogP contribution in [0, 0.1) is 0 Å². The second-order valence-electron chi connectivity index (χ2n) is 8.30. The fourth-order valence-electron chi connectivity index (χ4n) is 3.59. The van der Waals surface area contributed by atoms with Gasteiger partial charge in [-0.2, -0.15) is 0 Å². The zero-order valence-electron chi connectivity index (χ0n) is 22.3. The number of benzene rings is 2. The van der Waals surface area contributed by atoms with E-state index in [4.69, 9.17) is 33.0 Å². The van der Waals surface area contributed by atoms with Crippen molar-refractivity contribution in [1.82, 2.24) is 9.97 Å². The van der Waals surface area contributed by atoms with Crippen molar-refractivity contribution in [3.05, 3.63) is 60.0 Å². The summed E-state index contributed by atoms with van der Waals surface area (Å²) in [6.07, 6.45) is -1.26. The number of carbonyl (C=O) groups excluding carboxylic acids is 1. The molecule has 40 heavy (non-hydrogen) atoms. The Kier molecular flexibility index (Phi) is 10.3. The standard InChI is InChI=1S/C27H29N2O9PS/c1-17(2)38-27(30)35-16-37-39(31)36-15-34-25-20(32-3)13-19(14-21(25)33-4)26-28-23(18-9-6-5-7-10-18)24(29-26)22-11-8-12-40-22/h5-14,17,31H,15-16H2,1-4H3,(H,28,29). The number of thiophene rings is 1. The summed E-state index contributed by atoms with van der Waals surface area (Å²) in [4.78, 5) is 30.7. The molecule has 0 aliphatic carbocycles. The van der Waals surface area contributed by atoms with Crippen molar-refractivity contribution in [2.75, 3.05) is 27.8 Å². The molecule has 1 atom stereocenters. The lowest BCUT2D eigenvalue weighted by atomic mass is 10.1. The third kappa shape index (κ3) is 7.50. The molecule has 0 aliphatic heterocycles. The third-order valence-corrected chi connectivity index (χ3v) is 6.83. The van der Waals surface area contributed by atoms with E-state index in [0.717, 1.165) is 21.8 Å². The van der Waals surface area contributed by atoms with Crippen LogP contribution in [-0.4, -0.2) is 54.9 Å². The highest BCUT2D eigenvalue weighted by Crippen LogP contribution is 2.43. The third-order valence-electron chi connectivity index (χ3n) is 5.29. The summed E-state index contributed by atoms with van der Waals surface area (Å²) in [6, 6.07) is 17.5. The van der Waals surface area contributed by atoms with Crippen LogP contribution in [0.5, 0.6) is 17.2 Å². The summed E-state index contributed by atoms with van der Waals surface area (Å²) in [5, 5.41) is 2.02. The molecule has 0 saturated heterocycles. The number of ether oxygens (including phenoxy) is 5. The maximum Gasteiger partial charge on any atom is 0.510 e. The maximum absolute atomic E-state index is 11.4. The van der Waals surface area contributed by atoms with E-state index in [2.05, 4.69) is 9.72 Å². The van der Waals surface area contributed by atoms with E-state index in [1.165, 1.54) is 14.2 Å². The van der Waals surface area contributed by atoms with Crippen LogP contribution in [0.1, 0.15) is 13.8 Å². The molecule has 0 fully saturated rings. The molecule has 0 spiro atoms. The Balaban J connectivity index is 1.49. The maximum atomic E-state index is 11.4. The van der Waals surface area contributed by atoms with E-state index >= 15 is 0 Å². The molecule has 4 rings (SSSR count). The number of aromatic nitrogens is 2. The normalized spacial score (nSPS) is 11.8. The molecule has 2 aromatic heterocycles.